The number of aliphatic hydroxyl groups excluding tert-OH is 1. The first-order chi connectivity index (χ1) is 8.18. The highest BCUT2D eigenvalue weighted by atomic mass is 19.3. The third-order valence-corrected chi connectivity index (χ3v) is 2.41. The van der Waals surface area contributed by atoms with E-state index in [4.69, 9.17) is 4.74 Å². The summed E-state index contributed by atoms with van der Waals surface area (Å²) in [7, 11) is 0. The van der Waals surface area contributed by atoms with Crippen molar-refractivity contribution in [2.45, 2.75) is 25.4 Å². The van der Waals surface area contributed by atoms with Gasteiger partial charge < -0.3 is 19.9 Å². The SMILES string of the molecule is OC(CNCCOCC(F)F)COCC1CC1. The van der Waals surface area contributed by atoms with E-state index in [9.17, 15) is 13.9 Å². The molecule has 1 atom stereocenters. The number of halogens is 2. The number of alkyl halides is 2. The molecular formula is C11H21F2NO3. The first-order valence-corrected chi connectivity index (χ1v) is 6.01. The predicted octanol–water partition coefficient (Wildman–Crippen LogP) is 0.645. The zero-order valence-corrected chi connectivity index (χ0v) is 9.91. The number of hydrogen-bond donors (Lipinski definition) is 2. The van der Waals surface area contributed by atoms with Gasteiger partial charge in [-0.3, -0.25) is 0 Å². The van der Waals surface area contributed by atoms with Crippen LogP contribution in [-0.2, 0) is 9.47 Å². The summed E-state index contributed by atoms with van der Waals surface area (Å²) in [6.45, 7) is 1.58. The van der Waals surface area contributed by atoms with Gasteiger partial charge in [-0.2, -0.15) is 0 Å². The Bertz CT molecular complexity index is 192. The molecule has 4 nitrogen and oxygen atoms in total. The highest BCUT2D eigenvalue weighted by Gasteiger charge is 2.21. The summed E-state index contributed by atoms with van der Waals surface area (Å²) in [6.07, 6.45) is -0.508. The molecule has 6 heteroatoms. The van der Waals surface area contributed by atoms with E-state index in [0.29, 0.717) is 25.6 Å². The number of nitrogens with one attached hydrogen (secondary N) is 1. The van der Waals surface area contributed by atoms with Gasteiger partial charge in [-0.25, -0.2) is 8.78 Å². The van der Waals surface area contributed by atoms with Crippen LogP contribution in [0.5, 0.6) is 0 Å². The van der Waals surface area contributed by atoms with Crippen LogP contribution in [0.15, 0.2) is 0 Å². The number of aliphatic hydroxyl groups is 1. The second-order valence-electron chi connectivity index (χ2n) is 4.30. The van der Waals surface area contributed by atoms with E-state index in [0.717, 1.165) is 6.61 Å². The largest absolute Gasteiger partial charge is 0.389 e. The third kappa shape index (κ3) is 9.41. The first-order valence-electron chi connectivity index (χ1n) is 6.01. The second-order valence-corrected chi connectivity index (χ2v) is 4.30. The standard InChI is InChI=1S/C11H21F2NO3/c12-11(13)8-16-4-3-14-5-10(15)7-17-6-9-1-2-9/h9-11,14-15H,1-8H2. The average Bonchev–Trinajstić information content (AvgIpc) is 3.06. The van der Waals surface area contributed by atoms with E-state index >= 15 is 0 Å². The fraction of sp³-hybridized carbons (Fsp3) is 1.00. The minimum Gasteiger partial charge on any atom is -0.389 e. The van der Waals surface area contributed by atoms with Gasteiger partial charge in [0.1, 0.15) is 6.61 Å². The van der Waals surface area contributed by atoms with Gasteiger partial charge in [0.25, 0.3) is 6.43 Å². The van der Waals surface area contributed by atoms with Crippen molar-refractivity contribution in [3.63, 3.8) is 0 Å². The molecule has 0 aromatic carbocycles. The summed E-state index contributed by atoms with van der Waals surface area (Å²) in [5, 5.41) is 12.4. The van der Waals surface area contributed by atoms with Gasteiger partial charge in [-0.15, -0.1) is 0 Å². The predicted molar refractivity (Wildman–Crippen MR) is 59.2 cm³/mol. The molecule has 0 amide bonds. The van der Waals surface area contributed by atoms with Gasteiger partial charge in [0, 0.05) is 19.7 Å². The van der Waals surface area contributed by atoms with Crippen LogP contribution in [0.2, 0.25) is 0 Å². The first kappa shape index (κ1) is 14.8. The molecule has 1 aliphatic carbocycles. The van der Waals surface area contributed by atoms with E-state index in [1.54, 1.807) is 0 Å². The van der Waals surface area contributed by atoms with E-state index in [2.05, 4.69) is 10.1 Å². The summed E-state index contributed by atoms with van der Waals surface area (Å²) in [5.74, 6) is 0.693. The molecule has 17 heavy (non-hydrogen) atoms. The van der Waals surface area contributed by atoms with Gasteiger partial charge >= 0.3 is 0 Å². The van der Waals surface area contributed by atoms with Gasteiger partial charge in [-0.05, 0) is 18.8 Å². The summed E-state index contributed by atoms with van der Waals surface area (Å²) >= 11 is 0. The van der Waals surface area contributed by atoms with E-state index in [1.807, 2.05) is 0 Å². The van der Waals surface area contributed by atoms with Crippen LogP contribution >= 0.6 is 0 Å². The molecule has 1 aliphatic rings. The fourth-order valence-electron chi connectivity index (χ4n) is 1.30. The van der Waals surface area contributed by atoms with E-state index < -0.39 is 19.1 Å². The Morgan fingerprint density at radius 1 is 1.24 bits per heavy atom. The zero-order valence-electron chi connectivity index (χ0n) is 9.91. The van der Waals surface area contributed by atoms with Crippen molar-refractivity contribution < 1.29 is 23.4 Å². The molecule has 1 unspecified atom stereocenters. The number of rotatable bonds is 11. The average molecular weight is 253 g/mol. The molecule has 1 fully saturated rings. The molecule has 0 aromatic heterocycles. The van der Waals surface area contributed by atoms with Crippen molar-refractivity contribution in [1.29, 1.82) is 0 Å². The molecule has 0 aromatic rings. The lowest BCUT2D eigenvalue weighted by atomic mass is 10.3. The lowest BCUT2D eigenvalue weighted by Gasteiger charge is -2.12. The maximum Gasteiger partial charge on any atom is 0.261 e. The molecule has 0 heterocycles. The summed E-state index contributed by atoms with van der Waals surface area (Å²) in [6, 6.07) is 0. The minimum atomic E-state index is -2.42. The van der Waals surface area contributed by atoms with Gasteiger partial charge in [-0.1, -0.05) is 0 Å². The van der Waals surface area contributed by atoms with Crippen LogP contribution in [0.25, 0.3) is 0 Å². The zero-order chi connectivity index (χ0) is 12.5. The van der Waals surface area contributed by atoms with Gasteiger partial charge in [0.2, 0.25) is 0 Å². The monoisotopic (exact) mass is 253 g/mol. The molecule has 0 bridgehead atoms. The quantitative estimate of drug-likeness (QED) is 0.531. The Hall–Kier alpha value is -0.300. The summed E-state index contributed by atoms with van der Waals surface area (Å²) < 4.78 is 33.3. The van der Waals surface area contributed by atoms with Crippen LogP contribution in [-0.4, -0.2) is 57.2 Å². The molecular weight excluding hydrogens is 232 g/mol. The van der Waals surface area contributed by atoms with Crippen molar-refractivity contribution in [3.05, 3.63) is 0 Å². The maximum absolute atomic E-state index is 11.7. The highest BCUT2D eigenvalue weighted by molar-refractivity contribution is 4.72. The smallest absolute Gasteiger partial charge is 0.261 e. The Labute approximate surface area is 100 Å². The van der Waals surface area contributed by atoms with Gasteiger partial charge in [0.05, 0.1) is 19.3 Å². The highest BCUT2D eigenvalue weighted by Crippen LogP contribution is 2.28. The molecule has 1 rings (SSSR count). The summed E-state index contributed by atoms with van der Waals surface area (Å²) in [4.78, 5) is 0. The Kier molecular flexibility index (Phi) is 7.59. The normalized spacial score (nSPS) is 17.6. The van der Waals surface area contributed by atoms with Gasteiger partial charge in [0.15, 0.2) is 0 Å². The van der Waals surface area contributed by atoms with E-state index in [-0.39, 0.29) is 6.61 Å². The lowest BCUT2D eigenvalue weighted by Crippen LogP contribution is -2.32. The van der Waals surface area contributed by atoms with Crippen molar-refractivity contribution >= 4 is 0 Å². The lowest BCUT2D eigenvalue weighted by molar-refractivity contribution is 0.0146. The molecule has 0 aliphatic heterocycles. The minimum absolute atomic E-state index is 0.222. The third-order valence-electron chi connectivity index (χ3n) is 2.41. The van der Waals surface area contributed by atoms with E-state index in [1.165, 1.54) is 12.8 Å². The second kappa shape index (κ2) is 8.74. The summed E-state index contributed by atoms with van der Waals surface area (Å²) in [5.41, 5.74) is 0. The Morgan fingerprint density at radius 2 is 2.00 bits per heavy atom. The van der Waals surface area contributed by atoms with Crippen molar-refractivity contribution in [1.82, 2.24) is 5.32 Å². The number of ether oxygens (including phenoxy) is 2. The van der Waals surface area contributed by atoms with Crippen molar-refractivity contribution in [3.8, 4) is 0 Å². The van der Waals surface area contributed by atoms with Crippen LogP contribution < -0.4 is 5.32 Å². The molecule has 2 N–H and O–H groups in total. The van der Waals surface area contributed by atoms with Crippen LogP contribution in [0.4, 0.5) is 8.78 Å². The molecule has 0 saturated heterocycles. The van der Waals surface area contributed by atoms with Crippen LogP contribution in [0.1, 0.15) is 12.8 Å². The van der Waals surface area contributed by atoms with Crippen LogP contribution in [0.3, 0.4) is 0 Å². The number of hydrogen-bond acceptors (Lipinski definition) is 4. The Balaban J connectivity index is 1.77. The van der Waals surface area contributed by atoms with Crippen molar-refractivity contribution in [2.24, 2.45) is 5.92 Å². The molecule has 102 valence electrons. The molecule has 0 spiro atoms. The molecule has 1 saturated carbocycles. The van der Waals surface area contributed by atoms with Crippen LogP contribution in [0, 0.1) is 5.92 Å². The molecule has 0 radical (unpaired) electrons. The fourth-order valence-corrected chi connectivity index (χ4v) is 1.30. The maximum atomic E-state index is 11.7. The topological polar surface area (TPSA) is 50.7 Å². The van der Waals surface area contributed by atoms with Crippen molar-refractivity contribution in [2.75, 3.05) is 39.5 Å². The Morgan fingerprint density at radius 3 is 2.65 bits per heavy atom.